The van der Waals surface area contributed by atoms with E-state index in [1.165, 1.54) is 12.8 Å². The maximum Gasteiger partial charge on any atom is 0.318 e. The number of anilines is 1. The van der Waals surface area contributed by atoms with Crippen LogP contribution in [-0.4, -0.2) is 49.3 Å². The summed E-state index contributed by atoms with van der Waals surface area (Å²) in [4.78, 5) is 1.78. The molecule has 0 bridgehead atoms. The number of rotatable bonds is 5. The van der Waals surface area contributed by atoms with Gasteiger partial charge in [0.1, 0.15) is 0 Å². The minimum absolute atomic E-state index is 0.0605. The quantitative estimate of drug-likeness (QED) is 0.811. The van der Waals surface area contributed by atoms with E-state index in [0.717, 1.165) is 0 Å². The molecule has 0 radical (unpaired) electrons. The molecule has 1 aliphatic heterocycles. The van der Waals surface area contributed by atoms with Crippen LogP contribution < -0.4 is 10.2 Å². The molecule has 19 heavy (non-hydrogen) atoms. The maximum absolute atomic E-state index is 11.5. The van der Waals surface area contributed by atoms with Crippen LogP contribution in [0, 0.1) is 0 Å². The second kappa shape index (κ2) is 4.75. The number of nitrogens with zero attached hydrogens (tertiary/aromatic N) is 3. The zero-order valence-corrected chi connectivity index (χ0v) is 11.7. The van der Waals surface area contributed by atoms with Crippen molar-refractivity contribution in [2.45, 2.75) is 37.9 Å². The van der Waals surface area contributed by atoms with Crippen molar-refractivity contribution in [2.24, 2.45) is 0 Å². The maximum atomic E-state index is 11.5. The molecular formula is C11H18N4O3S. The number of hydrogen-bond donors (Lipinski definition) is 1. The van der Waals surface area contributed by atoms with Crippen LogP contribution >= 0.6 is 0 Å². The summed E-state index contributed by atoms with van der Waals surface area (Å²) >= 11 is 0. The number of hydrogen-bond acceptors (Lipinski definition) is 7. The van der Waals surface area contributed by atoms with Gasteiger partial charge in [0.15, 0.2) is 9.84 Å². The topological polar surface area (TPSA) is 88.3 Å². The molecule has 2 heterocycles. The van der Waals surface area contributed by atoms with Gasteiger partial charge < -0.3 is 14.6 Å². The fourth-order valence-corrected chi connectivity index (χ4v) is 3.99. The van der Waals surface area contributed by atoms with Crippen LogP contribution in [0.5, 0.6) is 0 Å². The monoisotopic (exact) mass is 286 g/mol. The second-order valence-corrected chi connectivity index (χ2v) is 7.53. The van der Waals surface area contributed by atoms with Gasteiger partial charge in [-0.2, -0.15) is 0 Å². The first kappa shape index (κ1) is 12.9. The molecule has 7 nitrogen and oxygen atoms in total. The van der Waals surface area contributed by atoms with Gasteiger partial charge in [-0.3, -0.25) is 0 Å². The lowest BCUT2D eigenvalue weighted by Gasteiger charge is -2.20. The van der Waals surface area contributed by atoms with Gasteiger partial charge in [-0.25, -0.2) is 8.42 Å². The molecule has 0 spiro atoms. The Bertz CT molecular complexity index is 552. The van der Waals surface area contributed by atoms with Crippen molar-refractivity contribution in [3.63, 3.8) is 0 Å². The van der Waals surface area contributed by atoms with Gasteiger partial charge in [0.2, 0.25) is 5.89 Å². The summed E-state index contributed by atoms with van der Waals surface area (Å²) in [6, 6.07) is 0.928. The van der Waals surface area contributed by atoms with Crippen molar-refractivity contribution in [3.05, 3.63) is 5.89 Å². The van der Waals surface area contributed by atoms with Crippen molar-refractivity contribution >= 4 is 15.9 Å². The smallest absolute Gasteiger partial charge is 0.318 e. The summed E-state index contributed by atoms with van der Waals surface area (Å²) in [5.74, 6) is 0.961. The van der Waals surface area contributed by atoms with Crippen LogP contribution in [0.25, 0.3) is 0 Å². The highest BCUT2D eigenvalue weighted by molar-refractivity contribution is 7.91. The zero-order chi connectivity index (χ0) is 13.5. The molecule has 1 unspecified atom stereocenters. The molecule has 1 aliphatic carbocycles. The molecule has 1 saturated heterocycles. The van der Waals surface area contributed by atoms with E-state index in [2.05, 4.69) is 15.5 Å². The standard InChI is InChI=1S/C11H18N4O3S/c1-15(9-4-5-19(16,17)7-9)11-14-13-10(18-11)6-12-8-2-3-8/h8-9,12H,2-7H2,1H3. The first-order valence-electron chi connectivity index (χ1n) is 6.52. The number of sulfone groups is 1. The van der Waals surface area contributed by atoms with Crippen molar-refractivity contribution in [1.29, 1.82) is 0 Å². The molecular weight excluding hydrogens is 268 g/mol. The lowest BCUT2D eigenvalue weighted by Crippen LogP contribution is -2.32. The predicted octanol–water partition coefficient (Wildman–Crippen LogP) is -0.0551. The molecule has 1 aromatic rings. The lowest BCUT2D eigenvalue weighted by molar-refractivity contribution is 0.456. The van der Waals surface area contributed by atoms with Crippen molar-refractivity contribution in [2.75, 3.05) is 23.5 Å². The van der Waals surface area contributed by atoms with E-state index in [9.17, 15) is 8.42 Å². The molecule has 2 aliphatic rings. The Hall–Kier alpha value is -1.15. The van der Waals surface area contributed by atoms with Gasteiger partial charge in [-0.15, -0.1) is 5.10 Å². The van der Waals surface area contributed by atoms with Crippen LogP contribution in [0.3, 0.4) is 0 Å². The summed E-state index contributed by atoms with van der Waals surface area (Å²) in [5.41, 5.74) is 0. The van der Waals surface area contributed by atoms with Crippen molar-refractivity contribution in [3.8, 4) is 0 Å². The van der Waals surface area contributed by atoms with Crippen molar-refractivity contribution in [1.82, 2.24) is 15.5 Å². The third-order valence-corrected chi connectivity index (χ3v) is 5.38. The first-order chi connectivity index (χ1) is 9.03. The molecule has 2 fully saturated rings. The first-order valence-corrected chi connectivity index (χ1v) is 8.35. The third-order valence-electron chi connectivity index (χ3n) is 3.63. The van der Waals surface area contributed by atoms with Gasteiger partial charge in [0.05, 0.1) is 18.1 Å². The molecule has 0 aromatic carbocycles. The Labute approximate surface area is 112 Å². The molecule has 0 amide bonds. The van der Waals surface area contributed by atoms with Gasteiger partial charge >= 0.3 is 6.01 Å². The van der Waals surface area contributed by atoms with E-state index in [4.69, 9.17) is 4.42 Å². The molecule has 8 heteroatoms. The minimum atomic E-state index is -2.90. The van der Waals surface area contributed by atoms with Crippen LogP contribution in [-0.2, 0) is 16.4 Å². The molecule has 1 atom stereocenters. The van der Waals surface area contributed by atoms with Gasteiger partial charge in [-0.05, 0) is 19.3 Å². The normalized spacial score (nSPS) is 25.6. The largest absolute Gasteiger partial charge is 0.407 e. The van der Waals surface area contributed by atoms with Crippen LogP contribution in [0.4, 0.5) is 6.01 Å². The van der Waals surface area contributed by atoms with Gasteiger partial charge in [0.25, 0.3) is 0 Å². The fraction of sp³-hybridized carbons (Fsp3) is 0.818. The van der Waals surface area contributed by atoms with E-state index in [0.29, 0.717) is 30.9 Å². The molecule has 1 N–H and O–H groups in total. The van der Waals surface area contributed by atoms with E-state index in [1.54, 1.807) is 11.9 Å². The van der Waals surface area contributed by atoms with Crippen LogP contribution in [0.15, 0.2) is 4.42 Å². The van der Waals surface area contributed by atoms with Crippen LogP contribution in [0.1, 0.15) is 25.2 Å². The summed E-state index contributed by atoms with van der Waals surface area (Å²) in [6.07, 6.45) is 3.04. The Morgan fingerprint density at radius 3 is 2.79 bits per heavy atom. The highest BCUT2D eigenvalue weighted by Gasteiger charge is 2.32. The van der Waals surface area contributed by atoms with E-state index < -0.39 is 9.84 Å². The predicted molar refractivity (Wildman–Crippen MR) is 69.6 cm³/mol. The number of aromatic nitrogens is 2. The highest BCUT2D eigenvalue weighted by Crippen LogP contribution is 2.22. The van der Waals surface area contributed by atoms with Crippen LogP contribution in [0.2, 0.25) is 0 Å². The Morgan fingerprint density at radius 1 is 1.37 bits per heavy atom. The summed E-state index contributed by atoms with van der Waals surface area (Å²) in [5, 5.41) is 11.3. The third kappa shape index (κ3) is 3.06. The highest BCUT2D eigenvalue weighted by atomic mass is 32.2. The van der Waals surface area contributed by atoms with Gasteiger partial charge in [0, 0.05) is 19.1 Å². The average Bonchev–Trinajstić information content (AvgIpc) is 2.95. The van der Waals surface area contributed by atoms with E-state index >= 15 is 0 Å². The summed E-state index contributed by atoms with van der Waals surface area (Å²) in [7, 11) is -1.10. The van der Waals surface area contributed by atoms with E-state index in [1.807, 2.05) is 0 Å². The molecule has 106 valence electrons. The molecule has 3 rings (SSSR count). The SMILES string of the molecule is CN(c1nnc(CNC2CC2)o1)C1CCS(=O)(=O)C1. The Kier molecular flexibility index (Phi) is 3.22. The fourth-order valence-electron chi connectivity index (χ4n) is 2.21. The zero-order valence-electron chi connectivity index (χ0n) is 10.9. The summed E-state index contributed by atoms with van der Waals surface area (Å²) in [6.45, 7) is 0.578. The lowest BCUT2D eigenvalue weighted by atomic mass is 10.2. The summed E-state index contributed by atoms with van der Waals surface area (Å²) < 4.78 is 28.5. The van der Waals surface area contributed by atoms with Crippen molar-refractivity contribution < 1.29 is 12.8 Å². The van der Waals surface area contributed by atoms with E-state index in [-0.39, 0.29) is 17.5 Å². The molecule has 1 saturated carbocycles. The Balaban J connectivity index is 1.61. The molecule has 1 aromatic heterocycles. The van der Waals surface area contributed by atoms with Gasteiger partial charge in [-0.1, -0.05) is 5.10 Å². The second-order valence-electron chi connectivity index (χ2n) is 5.30. The minimum Gasteiger partial charge on any atom is -0.407 e. The average molecular weight is 286 g/mol. The Morgan fingerprint density at radius 2 is 2.16 bits per heavy atom. The number of nitrogens with one attached hydrogen (secondary N) is 1.